The Labute approximate surface area is 71.8 Å². The smallest absolute Gasteiger partial charge is 0.338 e. The van der Waals surface area contributed by atoms with Gasteiger partial charge in [0.05, 0.1) is 12.2 Å². The first-order valence-corrected chi connectivity index (χ1v) is 3.73. The van der Waals surface area contributed by atoms with Gasteiger partial charge in [0, 0.05) is 6.61 Å². The second kappa shape index (κ2) is 5.74. The zero-order chi connectivity index (χ0) is 9.56. The van der Waals surface area contributed by atoms with Crippen LogP contribution in [0.2, 0.25) is 0 Å². The second-order valence-corrected chi connectivity index (χ2v) is 2.19. The standard InChI is InChI=1S/C8H14O4/c1-4-11-7(3)12-8(10)6(2)5-9/h7,9H,2,4-5H2,1,3H3. The number of carbonyl (C=O) groups is 1. The first-order chi connectivity index (χ1) is 5.61. The lowest BCUT2D eigenvalue weighted by Gasteiger charge is -2.12. The fraction of sp³-hybridized carbons (Fsp3) is 0.625. The molecule has 70 valence electrons. The molecule has 0 aliphatic heterocycles. The molecular weight excluding hydrogens is 160 g/mol. The van der Waals surface area contributed by atoms with E-state index in [0.717, 1.165) is 0 Å². The zero-order valence-electron chi connectivity index (χ0n) is 7.37. The van der Waals surface area contributed by atoms with E-state index >= 15 is 0 Å². The molecule has 4 heteroatoms. The van der Waals surface area contributed by atoms with Gasteiger partial charge >= 0.3 is 5.97 Å². The highest BCUT2D eigenvalue weighted by Gasteiger charge is 2.11. The van der Waals surface area contributed by atoms with Gasteiger partial charge in [-0.3, -0.25) is 0 Å². The summed E-state index contributed by atoms with van der Waals surface area (Å²) in [7, 11) is 0. The summed E-state index contributed by atoms with van der Waals surface area (Å²) in [4.78, 5) is 10.9. The molecule has 0 aliphatic carbocycles. The normalized spacial score (nSPS) is 12.2. The molecule has 4 nitrogen and oxygen atoms in total. The van der Waals surface area contributed by atoms with Crippen molar-refractivity contribution in [2.24, 2.45) is 0 Å². The van der Waals surface area contributed by atoms with Gasteiger partial charge in [-0.25, -0.2) is 4.79 Å². The van der Waals surface area contributed by atoms with E-state index in [4.69, 9.17) is 14.6 Å². The van der Waals surface area contributed by atoms with Gasteiger partial charge < -0.3 is 14.6 Å². The maximum Gasteiger partial charge on any atom is 0.338 e. The van der Waals surface area contributed by atoms with E-state index in [-0.39, 0.29) is 5.57 Å². The molecular formula is C8H14O4. The number of aliphatic hydroxyl groups excluding tert-OH is 1. The van der Waals surface area contributed by atoms with Gasteiger partial charge in [-0.1, -0.05) is 6.58 Å². The average molecular weight is 174 g/mol. The average Bonchev–Trinajstić information content (AvgIpc) is 2.03. The highest BCUT2D eigenvalue weighted by Crippen LogP contribution is 1.99. The van der Waals surface area contributed by atoms with Crippen LogP contribution in [0.3, 0.4) is 0 Å². The van der Waals surface area contributed by atoms with Crippen LogP contribution in [0.1, 0.15) is 13.8 Å². The molecule has 0 bridgehead atoms. The predicted octanol–water partition coefficient (Wildman–Crippen LogP) is 0.461. The van der Waals surface area contributed by atoms with E-state index in [1.54, 1.807) is 13.8 Å². The van der Waals surface area contributed by atoms with Crippen LogP contribution in [-0.4, -0.2) is 30.6 Å². The lowest BCUT2D eigenvalue weighted by molar-refractivity contribution is -0.169. The van der Waals surface area contributed by atoms with Crippen molar-refractivity contribution in [2.45, 2.75) is 20.1 Å². The van der Waals surface area contributed by atoms with Crippen LogP contribution < -0.4 is 0 Å². The van der Waals surface area contributed by atoms with Crippen molar-refractivity contribution in [1.82, 2.24) is 0 Å². The van der Waals surface area contributed by atoms with Gasteiger partial charge in [-0.05, 0) is 13.8 Å². The van der Waals surface area contributed by atoms with Crippen LogP contribution in [0.4, 0.5) is 0 Å². The molecule has 12 heavy (non-hydrogen) atoms. The second-order valence-electron chi connectivity index (χ2n) is 2.19. The minimum atomic E-state index is -0.626. The van der Waals surface area contributed by atoms with E-state index in [0.29, 0.717) is 6.61 Å². The van der Waals surface area contributed by atoms with Crippen LogP contribution in [0, 0.1) is 0 Å². The summed E-state index contributed by atoms with van der Waals surface area (Å²) < 4.78 is 9.66. The van der Waals surface area contributed by atoms with Crippen molar-refractivity contribution in [3.05, 3.63) is 12.2 Å². The molecule has 0 aromatic carbocycles. The molecule has 0 rings (SSSR count). The van der Waals surface area contributed by atoms with Gasteiger partial charge in [0.1, 0.15) is 0 Å². The third-order valence-corrected chi connectivity index (χ3v) is 1.15. The molecule has 0 aliphatic rings. The maximum absolute atomic E-state index is 10.9. The van der Waals surface area contributed by atoms with Gasteiger partial charge in [0.25, 0.3) is 0 Å². The van der Waals surface area contributed by atoms with Crippen molar-refractivity contribution in [1.29, 1.82) is 0 Å². The molecule has 1 atom stereocenters. The molecule has 0 radical (unpaired) electrons. The molecule has 0 heterocycles. The van der Waals surface area contributed by atoms with Gasteiger partial charge in [0.15, 0.2) is 6.29 Å². The Bertz CT molecular complexity index is 164. The number of hydrogen-bond acceptors (Lipinski definition) is 4. The Balaban J connectivity index is 3.76. The Morgan fingerprint density at radius 3 is 2.67 bits per heavy atom. The lowest BCUT2D eigenvalue weighted by Crippen LogP contribution is -2.20. The molecule has 0 spiro atoms. The summed E-state index contributed by atoms with van der Waals surface area (Å²) in [5.74, 6) is -0.626. The van der Waals surface area contributed by atoms with Crippen molar-refractivity contribution < 1.29 is 19.4 Å². The highest BCUT2D eigenvalue weighted by atomic mass is 16.7. The summed E-state index contributed by atoms with van der Waals surface area (Å²) in [6, 6.07) is 0. The minimum Gasteiger partial charge on any atom is -0.433 e. The van der Waals surface area contributed by atoms with Crippen LogP contribution >= 0.6 is 0 Å². The Hall–Kier alpha value is -0.870. The topological polar surface area (TPSA) is 55.8 Å². The fourth-order valence-corrected chi connectivity index (χ4v) is 0.567. The SMILES string of the molecule is C=C(CO)C(=O)OC(C)OCC. The molecule has 0 amide bonds. The Morgan fingerprint density at radius 2 is 2.25 bits per heavy atom. The van der Waals surface area contributed by atoms with E-state index < -0.39 is 18.9 Å². The fourth-order valence-electron chi connectivity index (χ4n) is 0.567. The van der Waals surface area contributed by atoms with Crippen molar-refractivity contribution in [3.8, 4) is 0 Å². The third-order valence-electron chi connectivity index (χ3n) is 1.15. The molecule has 0 saturated heterocycles. The Morgan fingerprint density at radius 1 is 1.67 bits per heavy atom. The molecule has 1 unspecified atom stereocenters. The Kier molecular flexibility index (Phi) is 5.32. The summed E-state index contributed by atoms with van der Waals surface area (Å²) >= 11 is 0. The molecule has 0 aromatic heterocycles. The van der Waals surface area contributed by atoms with E-state index in [1.165, 1.54) is 0 Å². The van der Waals surface area contributed by atoms with E-state index in [9.17, 15) is 4.79 Å². The predicted molar refractivity (Wildman–Crippen MR) is 43.4 cm³/mol. The largest absolute Gasteiger partial charge is 0.433 e. The first kappa shape index (κ1) is 11.1. The number of hydrogen-bond donors (Lipinski definition) is 1. The monoisotopic (exact) mass is 174 g/mol. The lowest BCUT2D eigenvalue weighted by atomic mass is 10.3. The van der Waals surface area contributed by atoms with Crippen LogP contribution in [-0.2, 0) is 14.3 Å². The van der Waals surface area contributed by atoms with Crippen LogP contribution in [0.25, 0.3) is 0 Å². The first-order valence-electron chi connectivity index (χ1n) is 3.73. The van der Waals surface area contributed by atoms with Crippen LogP contribution in [0.5, 0.6) is 0 Å². The number of aliphatic hydroxyl groups is 1. The number of ether oxygens (including phenoxy) is 2. The molecule has 0 aromatic rings. The maximum atomic E-state index is 10.9. The summed E-state index contributed by atoms with van der Waals surface area (Å²) in [6.07, 6.45) is -0.592. The molecule has 0 fully saturated rings. The minimum absolute atomic E-state index is 0.0292. The molecule has 1 N–H and O–H groups in total. The zero-order valence-corrected chi connectivity index (χ0v) is 7.37. The summed E-state index contributed by atoms with van der Waals surface area (Å²) in [6.45, 7) is 6.79. The highest BCUT2D eigenvalue weighted by molar-refractivity contribution is 5.87. The summed E-state index contributed by atoms with van der Waals surface area (Å²) in [5.41, 5.74) is 0.0292. The molecule has 0 saturated carbocycles. The number of rotatable bonds is 5. The van der Waals surface area contributed by atoms with Gasteiger partial charge in [-0.2, -0.15) is 0 Å². The third kappa shape index (κ3) is 4.10. The summed E-state index contributed by atoms with van der Waals surface area (Å²) in [5, 5.41) is 8.51. The van der Waals surface area contributed by atoms with Crippen molar-refractivity contribution in [2.75, 3.05) is 13.2 Å². The van der Waals surface area contributed by atoms with Gasteiger partial charge in [0.2, 0.25) is 0 Å². The van der Waals surface area contributed by atoms with Crippen LogP contribution in [0.15, 0.2) is 12.2 Å². The quantitative estimate of drug-likeness (QED) is 0.374. The number of carbonyl (C=O) groups excluding carboxylic acids is 1. The van der Waals surface area contributed by atoms with Crippen molar-refractivity contribution >= 4 is 5.97 Å². The van der Waals surface area contributed by atoms with Gasteiger partial charge in [-0.15, -0.1) is 0 Å². The number of esters is 1. The van der Waals surface area contributed by atoms with E-state index in [1.807, 2.05) is 0 Å². The van der Waals surface area contributed by atoms with Crippen molar-refractivity contribution in [3.63, 3.8) is 0 Å². The van der Waals surface area contributed by atoms with E-state index in [2.05, 4.69) is 6.58 Å².